The predicted molar refractivity (Wildman–Crippen MR) is 97.0 cm³/mol. The van der Waals surface area contributed by atoms with Crippen LogP contribution in [0.3, 0.4) is 0 Å². The fourth-order valence-corrected chi connectivity index (χ4v) is 4.91. The Morgan fingerprint density at radius 1 is 0.680 bits per heavy atom. The Morgan fingerprint density at radius 2 is 1.40 bits per heavy atom. The molecular formula is C20H33N3O2. The zero-order chi connectivity index (χ0) is 17.2. The van der Waals surface area contributed by atoms with Crippen LogP contribution in [-0.2, 0) is 9.59 Å². The summed E-state index contributed by atoms with van der Waals surface area (Å²) in [6.07, 6.45) is 9.25. The molecule has 5 nitrogen and oxygen atoms in total. The average Bonchev–Trinajstić information content (AvgIpc) is 3.41. The van der Waals surface area contributed by atoms with Crippen molar-refractivity contribution in [2.45, 2.75) is 51.4 Å². The molecule has 1 aliphatic carbocycles. The van der Waals surface area contributed by atoms with E-state index in [1.165, 1.54) is 38.9 Å². The van der Waals surface area contributed by atoms with Gasteiger partial charge in [-0.15, -0.1) is 0 Å². The molecule has 4 aliphatic rings. The van der Waals surface area contributed by atoms with Gasteiger partial charge in [-0.25, -0.2) is 0 Å². The molecule has 0 unspecified atom stereocenters. The number of amides is 2. The first-order valence-corrected chi connectivity index (χ1v) is 10.5. The summed E-state index contributed by atoms with van der Waals surface area (Å²) in [5.41, 5.74) is 0. The Balaban J connectivity index is 1.26. The number of rotatable bonds is 4. The van der Waals surface area contributed by atoms with Crippen molar-refractivity contribution in [3.63, 3.8) is 0 Å². The van der Waals surface area contributed by atoms with Crippen molar-refractivity contribution < 1.29 is 9.59 Å². The normalized spacial score (nSPS) is 31.4. The van der Waals surface area contributed by atoms with Gasteiger partial charge in [-0.2, -0.15) is 0 Å². The van der Waals surface area contributed by atoms with Crippen molar-refractivity contribution in [2.24, 2.45) is 17.8 Å². The quantitative estimate of drug-likeness (QED) is 0.781. The van der Waals surface area contributed by atoms with Gasteiger partial charge < -0.3 is 14.7 Å². The Kier molecular flexibility index (Phi) is 5.30. The second-order valence-electron chi connectivity index (χ2n) is 8.70. The summed E-state index contributed by atoms with van der Waals surface area (Å²) >= 11 is 0. The standard InChI is InChI=1S/C20H33N3O2/c24-19(17-6-7-17)22-11-4-5-18(15-22)20(25)23-12-8-16(14-23)13-21-9-2-1-3-10-21/h16-18H,1-15H2/t16-,18+/m0/s1. The number of piperidine rings is 2. The van der Waals surface area contributed by atoms with Crippen LogP contribution in [0.25, 0.3) is 0 Å². The number of hydrogen-bond acceptors (Lipinski definition) is 3. The average molecular weight is 348 g/mol. The third-order valence-electron chi connectivity index (χ3n) is 6.57. The number of nitrogens with zero attached hydrogens (tertiary/aromatic N) is 3. The van der Waals surface area contributed by atoms with Gasteiger partial charge in [-0.05, 0) is 64.0 Å². The molecule has 0 spiro atoms. The molecule has 0 aromatic carbocycles. The zero-order valence-electron chi connectivity index (χ0n) is 15.5. The lowest BCUT2D eigenvalue weighted by Crippen LogP contribution is -2.47. The molecule has 0 aromatic heterocycles. The maximum atomic E-state index is 13.0. The zero-order valence-corrected chi connectivity index (χ0v) is 15.5. The van der Waals surface area contributed by atoms with Crippen molar-refractivity contribution in [2.75, 3.05) is 45.8 Å². The highest BCUT2D eigenvalue weighted by molar-refractivity contribution is 5.83. The van der Waals surface area contributed by atoms with Gasteiger partial charge in [0.25, 0.3) is 0 Å². The Morgan fingerprint density at radius 3 is 2.16 bits per heavy atom. The summed E-state index contributed by atoms with van der Waals surface area (Å²) in [5, 5.41) is 0. The largest absolute Gasteiger partial charge is 0.342 e. The van der Waals surface area contributed by atoms with Crippen LogP contribution >= 0.6 is 0 Å². The van der Waals surface area contributed by atoms with Crippen LogP contribution in [0.4, 0.5) is 0 Å². The Labute approximate surface area is 151 Å². The van der Waals surface area contributed by atoms with E-state index in [1.807, 2.05) is 4.90 Å². The minimum absolute atomic E-state index is 0.0465. The highest BCUT2D eigenvalue weighted by Crippen LogP contribution is 2.33. The summed E-state index contributed by atoms with van der Waals surface area (Å²) in [5.74, 6) is 1.59. The van der Waals surface area contributed by atoms with Gasteiger partial charge in [-0.3, -0.25) is 9.59 Å². The SMILES string of the molecule is O=C(C1CC1)N1CCC[C@@H](C(=O)N2CC[C@@H](CN3CCCCC3)C2)C1. The van der Waals surface area contributed by atoms with Gasteiger partial charge in [0.1, 0.15) is 0 Å². The fraction of sp³-hybridized carbons (Fsp3) is 0.900. The maximum absolute atomic E-state index is 13.0. The first-order chi connectivity index (χ1) is 12.2. The van der Waals surface area contributed by atoms with Gasteiger partial charge >= 0.3 is 0 Å². The summed E-state index contributed by atoms with van der Waals surface area (Å²) in [6.45, 7) is 7.03. The van der Waals surface area contributed by atoms with Crippen LogP contribution in [0.2, 0.25) is 0 Å². The maximum Gasteiger partial charge on any atom is 0.227 e. The lowest BCUT2D eigenvalue weighted by molar-refractivity contribution is -0.140. The molecule has 3 saturated heterocycles. The van der Waals surface area contributed by atoms with Crippen LogP contribution in [0.15, 0.2) is 0 Å². The lowest BCUT2D eigenvalue weighted by atomic mass is 9.96. The van der Waals surface area contributed by atoms with Crippen molar-refractivity contribution in [1.29, 1.82) is 0 Å². The minimum atomic E-state index is 0.0465. The molecule has 0 radical (unpaired) electrons. The lowest BCUT2D eigenvalue weighted by Gasteiger charge is -2.34. The first-order valence-electron chi connectivity index (χ1n) is 10.5. The number of carbonyl (C=O) groups is 2. The van der Waals surface area contributed by atoms with Gasteiger partial charge in [0, 0.05) is 38.6 Å². The van der Waals surface area contributed by atoms with Crippen molar-refractivity contribution in [3.05, 3.63) is 0 Å². The van der Waals surface area contributed by atoms with Gasteiger partial charge in [0.15, 0.2) is 0 Å². The molecule has 2 atom stereocenters. The van der Waals surface area contributed by atoms with Crippen molar-refractivity contribution in [1.82, 2.24) is 14.7 Å². The third-order valence-corrected chi connectivity index (χ3v) is 6.57. The predicted octanol–water partition coefficient (Wildman–Crippen LogP) is 1.97. The molecule has 1 saturated carbocycles. The molecule has 0 bridgehead atoms. The second kappa shape index (κ2) is 7.65. The second-order valence-corrected chi connectivity index (χ2v) is 8.70. The van der Waals surface area contributed by atoms with Crippen LogP contribution in [0.1, 0.15) is 51.4 Å². The molecule has 0 N–H and O–H groups in total. The van der Waals surface area contributed by atoms with E-state index < -0.39 is 0 Å². The summed E-state index contributed by atoms with van der Waals surface area (Å²) in [6, 6.07) is 0. The molecule has 0 aromatic rings. The number of hydrogen-bond donors (Lipinski definition) is 0. The molecule has 3 aliphatic heterocycles. The van der Waals surface area contributed by atoms with E-state index in [4.69, 9.17) is 0 Å². The van der Waals surface area contributed by atoms with Crippen LogP contribution < -0.4 is 0 Å². The van der Waals surface area contributed by atoms with Crippen LogP contribution in [0, 0.1) is 17.8 Å². The topological polar surface area (TPSA) is 43.9 Å². The monoisotopic (exact) mass is 347 g/mol. The van der Waals surface area contributed by atoms with E-state index >= 15 is 0 Å². The van der Waals surface area contributed by atoms with E-state index in [0.717, 1.165) is 51.7 Å². The molecule has 2 amide bonds. The van der Waals surface area contributed by atoms with E-state index in [9.17, 15) is 9.59 Å². The van der Waals surface area contributed by atoms with Crippen LogP contribution in [-0.4, -0.2) is 72.3 Å². The summed E-state index contributed by atoms with van der Waals surface area (Å²) in [7, 11) is 0. The highest BCUT2D eigenvalue weighted by atomic mass is 16.2. The van der Waals surface area contributed by atoms with Crippen molar-refractivity contribution in [3.8, 4) is 0 Å². The third kappa shape index (κ3) is 4.18. The minimum Gasteiger partial charge on any atom is -0.342 e. The van der Waals surface area contributed by atoms with Gasteiger partial charge in [-0.1, -0.05) is 6.42 Å². The molecule has 4 fully saturated rings. The van der Waals surface area contributed by atoms with E-state index in [1.54, 1.807) is 0 Å². The number of carbonyl (C=O) groups excluding carboxylic acids is 2. The number of likely N-dealkylation sites (tertiary alicyclic amines) is 3. The van der Waals surface area contributed by atoms with Gasteiger partial charge in [0.2, 0.25) is 11.8 Å². The summed E-state index contributed by atoms with van der Waals surface area (Å²) < 4.78 is 0. The molecule has 140 valence electrons. The van der Waals surface area contributed by atoms with E-state index in [0.29, 0.717) is 24.3 Å². The highest BCUT2D eigenvalue weighted by Gasteiger charge is 2.38. The van der Waals surface area contributed by atoms with Crippen LogP contribution in [0.5, 0.6) is 0 Å². The summed E-state index contributed by atoms with van der Waals surface area (Å²) in [4.78, 5) is 32.0. The first kappa shape index (κ1) is 17.3. The van der Waals surface area contributed by atoms with E-state index in [-0.39, 0.29) is 11.8 Å². The Hall–Kier alpha value is -1.10. The van der Waals surface area contributed by atoms with Gasteiger partial charge in [0.05, 0.1) is 5.92 Å². The smallest absolute Gasteiger partial charge is 0.227 e. The molecule has 25 heavy (non-hydrogen) atoms. The molecule has 4 rings (SSSR count). The molecule has 5 heteroatoms. The van der Waals surface area contributed by atoms with Crippen molar-refractivity contribution >= 4 is 11.8 Å². The molecule has 3 heterocycles. The Bertz CT molecular complexity index is 499. The molecular weight excluding hydrogens is 314 g/mol. The fourth-order valence-electron chi connectivity index (χ4n) is 4.91. The van der Waals surface area contributed by atoms with E-state index in [2.05, 4.69) is 9.80 Å².